The van der Waals surface area contributed by atoms with E-state index in [4.69, 9.17) is 42.5 Å². The van der Waals surface area contributed by atoms with Crippen LogP contribution in [0.3, 0.4) is 0 Å². The molecule has 8 nitrogen and oxygen atoms in total. The molecule has 38 heavy (non-hydrogen) atoms. The Morgan fingerprint density at radius 2 is 1.61 bits per heavy atom. The molecule has 1 amide bonds. The highest BCUT2D eigenvalue weighted by Gasteiger charge is 2.40. The minimum absolute atomic E-state index is 0.228. The van der Waals surface area contributed by atoms with Gasteiger partial charge in [0.25, 0.3) is 0 Å². The van der Waals surface area contributed by atoms with Gasteiger partial charge in [0.2, 0.25) is 0 Å². The number of carbonyl (C=O) groups is 1. The van der Waals surface area contributed by atoms with Gasteiger partial charge in [0.1, 0.15) is 18.5 Å². The van der Waals surface area contributed by atoms with E-state index in [2.05, 4.69) is 27.2 Å². The van der Waals surface area contributed by atoms with Gasteiger partial charge in [-0.1, -0.05) is 29.3 Å². The molecular formula is C28H29Cl2N3O5. The lowest BCUT2D eigenvalue weighted by atomic mass is 10.1. The van der Waals surface area contributed by atoms with Crippen molar-refractivity contribution in [2.24, 2.45) is 0 Å². The minimum atomic E-state index is -1.06. The monoisotopic (exact) mass is 557 g/mol. The van der Waals surface area contributed by atoms with Crippen molar-refractivity contribution in [1.82, 2.24) is 0 Å². The van der Waals surface area contributed by atoms with Gasteiger partial charge >= 0.3 is 6.09 Å². The molecule has 0 bridgehead atoms. The lowest BCUT2D eigenvalue weighted by molar-refractivity contribution is -0.164. The maximum absolute atomic E-state index is 10.8. The van der Waals surface area contributed by atoms with Crippen molar-refractivity contribution in [1.29, 1.82) is 0 Å². The first-order chi connectivity index (χ1) is 18.3. The van der Waals surface area contributed by atoms with E-state index in [0.29, 0.717) is 28.9 Å². The van der Waals surface area contributed by atoms with E-state index < -0.39 is 11.9 Å². The van der Waals surface area contributed by atoms with E-state index in [-0.39, 0.29) is 6.10 Å². The van der Waals surface area contributed by atoms with E-state index in [1.165, 1.54) is 0 Å². The normalized spacial score (nSPS) is 21.4. The van der Waals surface area contributed by atoms with E-state index in [1.54, 1.807) is 24.3 Å². The van der Waals surface area contributed by atoms with Crippen molar-refractivity contribution < 1.29 is 24.1 Å². The minimum Gasteiger partial charge on any atom is -0.491 e. The Morgan fingerprint density at radius 1 is 1.00 bits per heavy atom. The molecule has 2 atom stereocenters. The van der Waals surface area contributed by atoms with Crippen LogP contribution in [0.4, 0.5) is 21.9 Å². The first kappa shape index (κ1) is 26.4. The number of halogens is 2. The zero-order chi connectivity index (χ0) is 26.7. The fraction of sp³-hybridized carbons (Fsp3) is 0.321. The molecule has 2 saturated heterocycles. The summed E-state index contributed by atoms with van der Waals surface area (Å²) in [5.41, 5.74) is 3.53. The summed E-state index contributed by atoms with van der Waals surface area (Å²) in [6.45, 7) is 6.13. The summed E-state index contributed by atoms with van der Waals surface area (Å²) >= 11 is 12.4. The SMILES string of the molecule is C[C@@]1(c2ccc(Cl)cc2Cl)OC[C@@H](COc2ccc(N3CCN(c4ccc(NC(=O)O)cc4)CC3)cc2)O1. The molecular weight excluding hydrogens is 529 g/mol. The summed E-state index contributed by atoms with van der Waals surface area (Å²) in [7, 11) is 0. The third-order valence-corrected chi connectivity index (χ3v) is 7.31. The van der Waals surface area contributed by atoms with Crippen molar-refractivity contribution in [3.63, 3.8) is 0 Å². The van der Waals surface area contributed by atoms with Crippen LogP contribution >= 0.6 is 23.2 Å². The number of nitrogens with one attached hydrogen (secondary N) is 1. The Hall–Kier alpha value is -3.17. The molecule has 0 unspecified atom stereocenters. The second-order valence-corrected chi connectivity index (χ2v) is 10.2. The van der Waals surface area contributed by atoms with Crippen LogP contribution < -0.4 is 19.9 Å². The van der Waals surface area contributed by atoms with Gasteiger partial charge in [0, 0.05) is 53.8 Å². The van der Waals surface area contributed by atoms with Crippen molar-refractivity contribution in [2.45, 2.75) is 18.8 Å². The topological polar surface area (TPSA) is 83.5 Å². The lowest BCUT2D eigenvalue weighted by Crippen LogP contribution is -2.46. The summed E-state index contributed by atoms with van der Waals surface area (Å²) < 4.78 is 18.1. The van der Waals surface area contributed by atoms with Gasteiger partial charge in [-0.25, -0.2) is 4.79 Å². The molecule has 3 aromatic carbocycles. The molecule has 2 fully saturated rings. The predicted octanol–water partition coefficient (Wildman–Crippen LogP) is 6.08. The number of hydrogen-bond acceptors (Lipinski definition) is 6. The van der Waals surface area contributed by atoms with Gasteiger partial charge in [-0.15, -0.1) is 0 Å². The highest BCUT2D eigenvalue weighted by Crippen LogP contribution is 2.38. The summed E-state index contributed by atoms with van der Waals surface area (Å²) in [5.74, 6) is -0.178. The van der Waals surface area contributed by atoms with Crippen LogP contribution in [0.25, 0.3) is 0 Å². The van der Waals surface area contributed by atoms with Crippen LogP contribution in [-0.2, 0) is 15.3 Å². The van der Waals surface area contributed by atoms with Crippen LogP contribution in [-0.4, -0.2) is 56.7 Å². The number of amides is 1. The molecule has 0 spiro atoms. The fourth-order valence-electron chi connectivity index (χ4n) is 4.76. The lowest BCUT2D eigenvalue weighted by Gasteiger charge is -2.37. The van der Waals surface area contributed by atoms with Crippen LogP contribution in [0.2, 0.25) is 10.0 Å². The summed E-state index contributed by atoms with van der Waals surface area (Å²) in [6, 6.07) is 20.8. The Morgan fingerprint density at radius 3 is 2.18 bits per heavy atom. The first-order valence-electron chi connectivity index (χ1n) is 12.4. The molecule has 2 N–H and O–H groups in total. The maximum Gasteiger partial charge on any atom is 0.409 e. The Labute approximate surface area is 231 Å². The number of piperazine rings is 1. The highest BCUT2D eigenvalue weighted by molar-refractivity contribution is 6.35. The van der Waals surface area contributed by atoms with Gasteiger partial charge in [-0.2, -0.15) is 0 Å². The molecule has 5 rings (SSSR count). The second-order valence-electron chi connectivity index (χ2n) is 9.38. The van der Waals surface area contributed by atoms with Gasteiger partial charge in [0.15, 0.2) is 5.79 Å². The third-order valence-electron chi connectivity index (χ3n) is 6.76. The smallest absolute Gasteiger partial charge is 0.409 e. The van der Waals surface area contributed by atoms with Crippen molar-refractivity contribution >= 4 is 46.4 Å². The third kappa shape index (κ3) is 6.10. The summed E-state index contributed by atoms with van der Waals surface area (Å²) in [6.07, 6.45) is -1.29. The van der Waals surface area contributed by atoms with Crippen LogP contribution in [0.1, 0.15) is 12.5 Å². The number of benzene rings is 3. The molecule has 2 aliphatic rings. The quantitative estimate of drug-likeness (QED) is 0.364. The molecule has 0 aliphatic carbocycles. The van der Waals surface area contributed by atoms with Crippen molar-refractivity contribution in [3.05, 3.63) is 82.3 Å². The van der Waals surface area contributed by atoms with Gasteiger partial charge in [-0.3, -0.25) is 5.32 Å². The van der Waals surface area contributed by atoms with E-state index in [0.717, 1.165) is 48.9 Å². The highest BCUT2D eigenvalue weighted by atomic mass is 35.5. The van der Waals surface area contributed by atoms with Gasteiger partial charge in [0.05, 0.1) is 11.6 Å². The molecule has 2 aliphatic heterocycles. The number of anilines is 3. The maximum atomic E-state index is 10.8. The van der Waals surface area contributed by atoms with Crippen LogP contribution in [0, 0.1) is 0 Å². The van der Waals surface area contributed by atoms with E-state index in [1.807, 2.05) is 37.3 Å². The first-order valence-corrected chi connectivity index (χ1v) is 13.1. The zero-order valence-electron chi connectivity index (χ0n) is 20.9. The van der Waals surface area contributed by atoms with Gasteiger partial charge < -0.3 is 29.1 Å². The van der Waals surface area contributed by atoms with E-state index >= 15 is 0 Å². The molecule has 0 radical (unpaired) electrons. The molecule has 10 heteroatoms. The summed E-state index contributed by atoms with van der Waals surface area (Å²) in [5, 5.41) is 12.3. The molecule has 0 saturated carbocycles. The van der Waals surface area contributed by atoms with Gasteiger partial charge in [-0.05, 0) is 67.6 Å². The Kier molecular flexibility index (Phi) is 7.85. The average molecular weight is 558 g/mol. The predicted molar refractivity (Wildman–Crippen MR) is 149 cm³/mol. The number of hydrogen-bond donors (Lipinski definition) is 2. The van der Waals surface area contributed by atoms with E-state index in [9.17, 15) is 4.79 Å². The Bertz CT molecular complexity index is 1270. The number of rotatable bonds is 7. The molecule has 3 aromatic rings. The number of carboxylic acid groups (broad SMARTS) is 1. The van der Waals surface area contributed by atoms with Crippen LogP contribution in [0.5, 0.6) is 5.75 Å². The Balaban J connectivity index is 1.10. The van der Waals surface area contributed by atoms with Crippen molar-refractivity contribution in [3.8, 4) is 5.75 Å². The standard InChI is InChI=1S/C28H29Cl2N3O5/c1-28(25-11-2-19(29)16-26(25)30)37-18-24(38-28)17-36-23-9-7-22(8-10-23)33-14-12-32(13-15-33)21-5-3-20(4-6-21)31-27(34)35/h2-11,16,24,31H,12-15,17-18H2,1H3,(H,34,35)/t24-,28-/m1/s1. The number of ether oxygens (including phenoxy) is 3. The average Bonchev–Trinajstić information content (AvgIpc) is 3.29. The molecule has 2 heterocycles. The fourth-order valence-corrected chi connectivity index (χ4v) is 5.34. The largest absolute Gasteiger partial charge is 0.491 e. The molecule has 200 valence electrons. The zero-order valence-corrected chi connectivity index (χ0v) is 22.4. The van der Waals surface area contributed by atoms with Crippen LogP contribution in [0.15, 0.2) is 66.7 Å². The van der Waals surface area contributed by atoms with Crippen molar-refractivity contribution in [2.75, 3.05) is 54.5 Å². The second kappa shape index (κ2) is 11.3. The molecule has 0 aromatic heterocycles. The number of nitrogens with zero attached hydrogens (tertiary/aromatic N) is 2. The summed E-state index contributed by atoms with van der Waals surface area (Å²) in [4.78, 5) is 15.4.